The molecule has 1 nitrogen and oxygen atoms in total. The van der Waals surface area contributed by atoms with Crippen molar-refractivity contribution in [2.45, 2.75) is 51.4 Å². The van der Waals surface area contributed by atoms with Crippen molar-refractivity contribution in [1.29, 1.82) is 0 Å². The zero-order chi connectivity index (χ0) is 16.5. The van der Waals surface area contributed by atoms with Crippen LogP contribution in [0, 0.1) is 0 Å². The number of hydrogen-bond acceptors (Lipinski definition) is 1. The molecule has 22 heavy (non-hydrogen) atoms. The molecule has 0 aliphatic heterocycles. The molecule has 0 heterocycles. The summed E-state index contributed by atoms with van der Waals surface area (Å²) in [5.74, 6) is 0. The van der Waals surface area contributed by atoms with Gasteiger partial charge in [-0.15, -0.1) is 0 Å². The maximum Gasteiger partial charge on any atom is 0.0942 e. The Kier molecular flexibility index (Phi) is 4.64. The molecule has 1 radical (unpaired) electrons. The van der Waals surface area contributed by atoms with E-state index in [0.717, 1.165) is 5.56 Å². The van der Waals surface area contributed by atoms with Gasteiger partial charge in [0.1, 0.15) is 0 Å². The molecule has 0 saturated heterocycles. The van der Waals surface area contributed by atoms with Gasteiger partial charge in [0.25, 0.3) is 0 Å². The average Bonchev–Trinajstić information content (AvgIpc) is 2.45. The largest absolute Gasteiger partial charge is 0.385 e. The lowest BCUT2D eigenvalue weighted by Crippen LogP contribution is -2.37. The molecule has 0 bridgehead atoms. The molecule has 0 aromatic heterocycles. The lowest BCUT2D eigenvalue weighted by molar-refractivity contribution is 0.174. The van der Waals surface area contributed by atoms with Gasteiger partial charge in [-0.05, 0) is 34.2 Å². The monoisotopic (exact) mass is 311 g/mol. The van der Waals surface area contributed by atoms with Crippen LogP contribution < -0.4 is 0 Å². The fraction of sp³-hybridized carbons (Fsp3) is 0.400. The highest BCUT2D eigenvalue weighted by Gasteiger charge is 2.33. The van der Waals surface area contributed by atoms with Crippen LogP contribution in [0.15, 0.2) is 48.6 Å². The first-order valence-electron chi connectivity index (χ1n) is 7.91. The summed E-state index contributed by atoms with van der Waals surface area (Å²) >= 11 is 0. The Morgan fingerprint density at radius 1 is 0.909 bits per heavy atom. The van der Waals surface area contributed by atoms with Gasteiger partial charge in [0.05, 0.1) is 14.0 Å². The molecule has 117 valence electrons. The van der Waals surface area contributed by atoms with Gasteiger partial charge in [-0.2, -0.15) is 0 Å². The van der Waals surface area contributed by atoms with Crippen LogP contribution in [0.4, 0.5) is 0 Å². The number of fused-ring (bicyclic) bond motifs is 1. The second-order valence-corrected chi connectivity index (χ2v) is 9.98. The van der Waals surface area contributed by atoms with Crippen molar-refractivity contribution in [3.05, 3.63) is 59.7 Å². The van der Waals surface area contributed by atoms with Crippen LogP contribution in [0.2, 0.25) is 13.1 Å². The summed E-state index contributed by atoms with van der Waals surface area (Å²) in [6.45, 7) is 13.0. The SMILES string of the molecule is C/C=C\C(O)(c1ccc(C(C)(C)C)c2ccccc12)[Si](C)C. The molecule has 2 aromatic carbocycles. The fourth-order valence-electron chi connectivity index (χ4n) is 3.05. The van der Waals surface area contributed by atoms with E-state index < -0.39 is 14.0 Å². The number of hydrogen-bond donors (Lipinski definition) is 1. The quantitative estimate of drug-likeness (QED) is 0.610. The van der Waals surface area contributed by atoms with Gasteiger partial charge in [0.2, 0.25) is 0 Å². The maximum atomic E-state index is 11.3. The average molecular weight is 312 g/mol. The van der Waals surface area contributed by atoms with Crippen LogP contribution in [-0.4, -0.2) is 13.9 Å². The van der Waals surface area contributed by atoms with Gasteiger partial charge in [-0.1, -0.05) is 82.4 Å². The van der Waals surface area contributed by atoms with E-state index >= 15 is 0 Å². The summed E-state index contributed by atoms with van der Waals surface area (Å²) < 4.78 is 0. The zero-order valence-electron chi connectivity index (χ0n) is 14.6. The van der Waals surface area contributed by atoms with E-state index in [0.29, 0.717) is 0 Å². The first-order chi connectivity index (χ1) is 10.2. The molecular weight excluding hydrogens is 284 g/mol. The molecule has 0 fully saturated rings. The maximum absolute atomic E-state index is 11.3. The summed E-state index contributed by atoms with van der Waals surface area (Å²) in [7, 11) is -0.956. The molecule has 1 atom stereocenters. The van der Waals surface area contributed by atoms with E-state index in [1.807, 2.05) is 19.1 Å². The third-order valence-corrected chi connectivity index (χ3v) is 6.27. The lowest BCUT2D eigenvalue weighted by atomic mass is 9.82. The van der Waals surface area contributed by atoms with E-state index in [9.17, 15) is 5.11 Å². The van der Waals surface area contributed by atoms with Crippen LogP contribution >= 0.6 is 0 Å². The fourth-order valence-corrected chi connectivity index (χ4v) is 4.31. The molecule has 0 aliphatic carbocycles. The molecule has 0 spiro atoms. The Bertz CT molecular complexity index is 694. The number of benzene rings is 2. The number of allylic oxidation sites excluding steroid dienone is 1. The lowest BCUT2D eigenvalue weighted by Gasteiger charge is -2.32. The molecule has 1 N–H and O–H groups in total. The predicted molar refractivity (Wildman–Crippen MR) is 98.8 cm³/mol. The van der Waals surface area contributed by atoms with Crippen molar-refractivity contribution in [2.24, 2.45) is 0 Å². The Labute approximate surface area is 136 Å². The van der Waals surface area contributed by atoms with Crippen molar-refractivity contribution in [1.82, 2.24) is 0 Å². The minimum Gasteiger partial charge on any atom is -0.385 e. The minimum absolute atomic E-state index is 0.0864. The Hall–Kier alpha value is -1.38. The van der Waals surface area contributed by atoms with Crippen LogP contribution in [0.5, 0.6) is 0 Å². The van der Waals surface area contributed by atoms with Gasteiger partial charge in [0, 0.05) is 0 Å². The third kappa shape index (κ3) is 2.90. The second kappa shape index (κ2) is 6.02. The van der Waals surface area contributed by atoms with Crippen molar-refractivity contribution in [3.63, 3.8) is 0 Å². The van der Waals surface area contributed by atoms with Gasteiger partial charge in [0.15, 0.2) is 0 Å². The van der Waals surface area contributed by atoms with E-state index in [2.05, 4.69) is 70.3 Å². The number of aliphatic hydroxyl groups is 1. The van der Waals surface area contributed by atoms with E-state index in [1.165, 1.54) is 16.3 Å². The number of rotatable bonds is 3. The van der Waals surface area contributed by atoms with Crippen LogP contribution in [0.3, 0.4) is 0 Å². The Morgan fingerprint density at radius 2 is 1.41 bits per heavy atom. The Morgan fingerprint density at radius 3 is 1.86 bits per heavy atom. The zero-order valence-corrected chi connectivity index (χ0v) is 15.6. The molecule has 2 aromatic rings. The predicted octanol–water partition coefficient (Wildman–Crippen LogP) is 5.19. The first kappa shape index (κ1) is 17.0. The molecule has 0 saturated carbocycles. The van der Waals surface area contributed by atoms with Crippen molar-refractivity contribution in [3.8, 4) is 0 Å². The van der Waals surface area contributed by atoms with Gasteiger partial charge in [-0.3, -0.25) is 0 Å². The van der Waals surface area contributed by atoms with Gasteiger partial charge in [-0.25, -0.2) is 0 Å². The summed E-state index contributed by atoms with van der Waals surface area (Å²) in [5.41, 5.74) is 2.45. The summed E-state index contributed by atoms with van der Waals surface area (Å²) in [5, 5.41) is 12.9. The van der Waals surface area contributed by atoms with E-state index in [4.69, 9.17) is 0 Å². The van der Waals surface area contributed by atoms with Gasteiger partial charge < -0.3 is 5.11 Å². The molecule has 2 heteroatoms. The topological polar surface area (TPSA) is 20.2 Å². The standard InChI is InChI=1S/C20H27OSi/c1-7-14-20(21,22(5)6)18-13-12-17(19(2,3)4)15-10-8-9-11-16(15)18/h7-14,21H,1-6H3/b14-7-. The summed E-state index contributed by atoms with van der Waals surface area (Å²) in [6, 6.07) is 12.8. The van der Waals surface area contributed by atoms with Crippen LogP contribution in [0.25, 0.3) is 10.8 Å². The molecule has 2 rings (SSSR count). The highest BCUT2D eigenvalue weighted by Crippen LogP contribution is 2.37. The van der Waals surface area contributed by atoms with Crippen molar-refractivity contribution < 1.29 is 5.11 Å². The molecule has 0 amide bonds. The smallest absolute Gasteiger partial charge is 0.0942 e. The second-order valence-electron chi connectivity index (χ2n) is 7.22. The van der Waals surface area contributed by atoms with E-state index in [1.54, 1.807) is 0 Å². The minimum atomic E-state index is -0.956. The van der Waals surface area contributed by atoms with Crippen molar-refractivity contribution >= 4 is 19.6 Å². The molecule has 1 unspecified atom stereocenters. The van der Waals surface area contributed by atoms with E-state index in [-0.39, 0.29) is 5.41 Å². The molecule has 0 aliphatic rings. The third-order valence-electron chi connectivity index (χ3n) is 4.31. The normalized spacial score (nSPS) is 15.6. The summed E-state index contributed by atoms with van der Waals surface area (Å²) in [6.07, 6.45) is 3.92. The van der Waals surface area contributed by atoms with Crippen molar-refractivity contribution in [2.75, 3.05) is 0 Å². The van der Waals surface area contributed by atoms with Crippen LogP contribution in [-0.2, 0) is 10.6 Å². The summed E-state index contributed by atoms with van der Waals surface area (Å²) in [4.78, 5) is 0. The Balaban J connectivity index is 2.83. The van der Waals surface area contributed by atoms with Gasteiger partial charge >= 0.3 is 0 Å². The van der Waals surface area contributed by atoms with Crippen LogP contribution in [0.1, 0.15) is 38.8 Å². The highest BCUT2D eigenvalue weighted by atomic mass is 28.3. The molecular formula is C20H27OSi. The first-order valence-corrected chi connectivity index (χ1v) is 10.4. The highest BCUT2D eigenvalue weighted by molar-refractivity contribution is 6.59.